The molecule has 144 valence electrons. The van der Waals surface area contributed by atoms with Crippen molar-refractivity contribution in [1.29, 1.82) is 0 Å². The minimum absolute atomic E-state index is 0.248. The Bertz CT molecular complexity index is 760. The quantitative estimate of drug-likeness (QED) is 0.860. The second-order valence-electron chi connectivity index (χ2n) is 6.73. The third-order valence-electron chi connectivity index (χ3n) is 4.82. The molecule has 0 unspecified atom stereocenters. The van der Waals surface area contributed by atoms with Crippen molar-refractivity contribution in [3.63, 3.8) is 0 Å². The molecule has 0 bridgehead atoms. The zero-order chi connectivity index (χ0) is 18.6. The first-order valence-corrected chi connectivity index (χ1v) is 9.63. The summed E-state index contributed by atoms with van der Waals surface area (Å²) in [5, 5.41) is 10.5. The third-order valence-corrected chi connectivity index (χ3v) is 5.07. The number of aliphatic hydroxyl groups is 1. The van der Waals surface area contributed by atoms with Gasteiger partial charge >= 0.3 is 0 Å². The van der Waals surface area contributed by atoms with Gasteiger partial charge in [-0.25, -0.2) is 4.98 Å². The molecule has 2 aliphatic heterocycles. The zero-order valence-corrected chi connectivity index (χ0v) is 15.8. The molecule has 0 aliphatic carbocycles. The number of hydrogen-bond donors (Lipinski definition) is 1. The van der Waals surface area contributed by atoms with Gasteiger partial charge in [-0.3, -0.25) is 0 Å². The van der Waals surface area contributed by atoms with E-state index in [1.807, 2.05) is 12.1 Å². The van der Waals surface area contributed by atoms with Crippen molar-refractivity contribution in [3.05, 3.63) is 35.5 Å². The fraction of sp³-hybridized carbons (Fsp3) is 0.474. The minimum atomic E-state index is -0.248. The maximum absolute atomic E-state index is 9.84. The number of nitrogens with zero attached hydrogens (tertiary/aromatic N) is 4. The fourth-order valence-corrected chi connectivity index (χ4v) is 3.40. The average Bonchev–Trinajstić information content (AvgIpc) is 2.71. The molecule has 2 aromatic rings. The lowest BCUT2D eigenvalue weighted by Crippen LogP contribution is -2.39. The van der Waals surface area contributed by atoms with Gasteiger partial charge in [0, 0.05) is 31.2 Å². The topological polar surface area (TPSA) is 71.0 Å². The highest BCUT2D eigenvalue weighted by molar-refractivity contribution is 6.30. The van der Waals surface area contributed by atoms with Crippen molar-refractivity contribution >= 4 is 23.4 Å². The molecule has 1 aromatic heterocycles. The Morgan fingerprint density at radius 3 is 2.44 bits per heavy atom. The van der Waals surface area contributed by atoms with Gasteiger partial charge in [-0.1, -0.05) is 11.6 Å². The number of halogens is 1. The standard InChI is InChI=1S/C19H23ClN4O3/c20-14-1-3-16(4-2-14)27-17-13-21-19(24-9-11-26-12-10-24)22-18(17)23-7-5-15(25)6-8-23/h1-4,13,15,25H,5-12H2. The highest BCUT2D eigenvalue weighted by Gasteiger charge is 2.24. The second kappa shape index (κ2) is 8.29. The molecule has 0 spiro atoms. The Kier molecular flexibility index (Phi) is 5.61. The van der Waals surface area contributed by atoms with E-state index in [1.165, 1.54) is 0 Å². The van der Waals surface area contributed by atoms with Crippen LogP contribution in [0.3, 0.4) is 0 Å². The number of ether oxygens (including phenoxy) is 2. The Labute approximate surface area is 163 Å². The molecule has 2 saturated heterocycles. The molecule has 8 heteroatoms. The van der Waals surface area contributed by atoms with Crippen LogP contribution in [-0.4, -0.2) is 60.6 Å². The van der Waals surface area contributed by atoms with E-state index in [2.05, 4.69) is 14.8 Å². The van der Waals surface area contributed by atoms with Crippen LogP contribution in [0.25, 0.3) is 0 Å². The predicted octanol–water partition coefficient (Wildman–Crippen LogP) is 2.72. The van der Waals surface area contributed by atoms with Crippen LogP contribution in [0.15, 0.2) is 30.5 Å². The SMILES string of the molecule is OC1CCN(c2nc(N3CCOCC3)ncc2Oc2ccc(Cl)cc2)CC1. The monoisotopic (exact) mass is 390 g/mol. The highest BCUT2D eigenvalue weighted by Crippen LogP contribution is 2.33. The summed E-state index contributed by atoms with van der Waals surface area (Å²) in [5.41, 5.74) is 0. The number of aromatic nitrogens is 2. The Balaban J connectivity index is 1.62. The van der Waals surface area contributed by atoms with E-state index in [9.17, 15) is 5.11 Å². The molecular weight excluding hydrogens is 368 g/mol. The number of benzene rings is 1. The molecule has 2 fully saturated rings. The molecule has 1 N–H and O–H groups in total. The van der Waals surface area contributed by atoms with Gasteiger partial charge in [0.2, 0.25) is 5.95 Å². The van der Waals surface area contributed by atoms with Crippen LogP contribution < -0.4 is 14.5 Å². The van der Waals surface area contributed by atoms with Crippen molar-refractivity contribution in [3.8, 4) is 11.5 Å². The number of rotatable bonds is 4. The van der Waals surface area contributed by atoms with E-state index in [-0.39, 0.29) is 6.10 Å². The normalized spacial score (nSPS) is 18.6. The lowest BCUT2D eigenvalue weighted by molar-refractivity contribution is 0.122. The van der Waals surface area contributed by atoms with E-state index in [1.54, 1.807) is 18.3 Å². The van der Waals surface area contributed by atoms with Crippen LogP contribution in [-0.2, 0) is 4.74 Å². The highest BCUT2D eigenvalue weighted by atomic mass is 35.5. The summed E-state index contributed by atoms with van der Waals surface area (Å²) >= 11 is 5.96. The molecule has 7 nitrogen and oxygen atoms in total. The van der Waals surface area contributed by atoms with Gasteiger partial charge in [-0.15, -0.1) is 0 Å². The summed E-state index contributed by atoms with van der Waals surface area (Å²) in [5.74, 6) is 2.72. The van der Waals surface area contributed by atoms with Crippen LogP contribution >= 0.6 is 11.6 Å². The first kappa shape index (κ1) is 18.3. The molecule has 2 aliphatic rings. The van der Waals surface area contributed by atoms with Gasteiger partial charge < -0.3 is 24.4 Å². The van der Waals surface area contributed by atoms with Gasteiger partial charge in [0.25, 0.3) is 0 Å². The maximum Gasteiger partial charge on any atom is 0.227 e. The molecular formula is C19H23ClN4O3. The van der Waals surface area contributed by atoms with Crippen LogP contribution in [0, 0.1) is 0 Å². The molecule has 0 amide bonds. The largest absolute Gasteiger partial charge is 0.452 e. The van der Waals surface area contributed by atoms with Crippen molar-refractivity contribution in [2.24, 2.45) is 0 Å². The molecule has 0 radical (unpaired) electrons. The summed E-state index contributed by atoms with van der Waals surface area (Å²) in [4.78, 5) is 13.6. The van der Waals surface area contributed by atoms with E-state index in [0.717, 1.165) is 44.8 Å². The van der Waals surface area contributed by atoms with E-state index in [4.69, 9.17) is 26.1 Å². The molecule has 27 heavy (non-hydrogen) atoms. The molecule has 3 heterocycles. The lowest BCUT2D eigenvalue weighted by atomic mass is 10.1. The van der Waals surface area contributed by atoms with Gasteiger partial charge in [-0.05, 0) is 37.1 Å². The average molecular weight is 391 g/mol. The van der Waals surface area contributed by atoms with Gasteiger partial charge in [0.05, 0.1) is 25.5 Å². The van der Waals surface area contributed by atoms with Crippen LogP contribution in [0.2, 0.25) is 5.02 Å². The molecule has 0 saturated carbocycles. The maximum atomic E-state index is 9.84. The van der Waals surface area contributed by atoms with Gasteiger partial charge in [0.15, 0.2) is 11.6 Å². The number of morpholine rings is 1. The fourth-order valence-electron chi connectivity index (χ4n) is 3.27. The second-order valence-corrected chi connectivity index (χ2v) is 7.17. The summed E-state index contributed by atoms with van der Waals surface area (Å²) in [6, 6.07) is 7.22. The van der Waals surface area contributed by atoms with Crippen molar-refractivity contribution in [2.45, 2.75) is 18.9 Å². The van der Waals surface area contributed by atoms with Gasteiger partial charge in [-0.2, -0.15) is 4.98 Å². The number of piperidine rings is 1. The number of aliphatic hydroxyl groups excluding tert-OH is 1. The van der Waals surface area contributed by atoms with Crippen LogP contribution in [0.1, 0.15) is 12.8 Å². The van der Waals surface area contributed by atoms with Crippen molar-refractivity contribution in [1.82, 2.24) is 9.97 Å². The van der Waals surface area contributed by atoms with Crippen LogP contribution in [0.4, 0.5) is 11.8 Å². The van der Waals surface area contributed by atoms with E-state index >= 15 is 0 Å². The summed E-state index contributed by atoms with van der Waals surface area (Å²) in [6.45, 7) is 4.37. The Morgan fingerprint density at radius 2 is 1.74 bits per heavy atom. The third kappa shape index (κ3) is 4.43. The summed E-state index contributed by atoms with van der Waals surface area (Å²) < 4.78 is 11.5. The van der Waals surface area contributed by atoms with Crippen molar-refractivity contribution < 1.29 is 14.6 Å². The lowest BCUT2D eigenvalue weighted by Gasteiger charge is -2.33. The van der Waals surface area contributed by atoms with Crippen LogP contribution in [0.5, 0.6) is 11.5 Å². The van der Waals surface area contributed by atoms with Gasteiger partial charge in [0.1, 0.15) is 5.75 Å². The summed E-state index contributed by atoms with van der Waals surface area (Å²) in [7, 11) is 0. The molecule has 1 aromatic carbocycles. The summed E-state index contributed by atoms with van der Waals surface area (Å²) in [6.07, 6.45) is 2.92. The molecule has 0 atom stereocenters. The first-order valence-electron chi connectivity index (χ1n) is 9.25. The first-order chi connectivity index (χ1) is 13.2. The van der Waals surface area contributed by atoms with Crippen molar-refractivity contribution in [2.75, 3.05) is 49.2 Å². The Hall–Kier alpha value is -2.09. The van der Waals surface area contributed by atoms with E-state index in [0.29, 0.717) is 35.7 Å². The number of anilines is 2. The minimum Gasteiger partial charge on any atom is -0.452 e. The van der Waals surface area contributed by atoms with E-state index < -0.39 is 0 Å². The Morgan fingerprint density at radius 1 is 1.04 bits per heavy atom. The molecule has 4 rings (SSSR count). The predicted molar refractivity (Wildman–Crippen MR) is 104 cm³/mol. The zero-order valence-electron chi connectivity index (χ0n) is 15.1. The smallest absolute Gasteiger partial charge is 0.227 e. The number of hydrogen-bond acceptors (Lipinski definition) is 7.